The van der Waals surface area contributed by atoms with Gasteiger partial charge in [0.25, 0.3) is 0 Å². The highest BCUT2D eigenvalue weighted by Gasteiger charge is 2.22. The highest BCUT2D eigenvalue weighted by molar-refractivity contribution is 5.99. The summed E-state index contributed by atoms with van der Waals surface area (Å²) in [6.45, 7) is 7.47. The standard InChI is InChI=1S/C26H32O8/c1-5-7-13-31-23(27)17(3)33-25(29)21-11-9-20-16-22(12-10-19(20)15-21)26(30)34-18(4)24(28)32-14-8-6-2/h9-12,15-18H,5-8,13-14H2,1-4H3. The van der Waals surface area contributed by atoms with Crippen LogP contribution in [0.4, 0.5) is 0 Å². The first-order chi connectivity index (χ1) is 16.3. The maximum absolute atomic E-state index is 12.4. The van der Waals surface area contributed by atoms with Gasteiger partial charge < -0.3 is 18.9 Å². The predicted molar refractivity (Wildman–Crippen MR) is 125 cm³/mol. The summed E-state index contributed by atoms with van der Waals surface area (Å²) >= 11 is 0. The molecule has 34 heavy (non-hydrogen) atoms. The molecule has 0 bridgehead atoms. The van der Waals surface area contributed by atoms with Crippen LogP contribution in [-0.2, 0) is 28.5 Å². The molecule has 0 saturated heterocycles. The van der Waals surface area contributed by atoms with Crippen LogP contribution in [0.15, 0.2) is 36.4 Å². The number of benzene rings is 2. The van der Waals surface area contributed by atoms with E-state index >= 15 is 0 Å². The summed E-state index contributed by atoms with van der Waals surface area (Å²) in [5.74, 6) is -2.48. The van der Waals surface area contributed by atoms with E-state index in [0.29, 0.717) is 10.8 Å². The van der Waals surface area contributed by atoms with Gasteiger partial charge >= 0.3 is 23.9 Å². The van der Waals surface area contributed by atoms with Crippen LogP contribution in [0.3, 0.4) is 0 Å². The number of esters is 4. The fourth-order valence-corrected chi connectivity index (χ4v) is 2.92. The zero-order chi connectivity index (χ0) is 25.1. The first-order valence-corrected chi connectivity index (χ1v) is 11.6. The smallest absolute Gasteiger partial charge is 0.347 e. The molecule has 2 atom stereocenters. The van der Waals surface area contributed by atoms with Crippen molar-refractivity contribution in [3.63, 3.8) is 0 Å². The molecule has 0 radical (unpaired) electrons. The summed E-state index contributed by atoms with van der Waals surface area (Å²) in [4.78, 5) is 48.7. The van der Waals surface area contributed by atoms with Gasteiger partial charge in [-0.25, -0.2) is 19.2 Å². The number of hydrogen-bond acceptors (Lipinski definition) is 8. The van der Waals surface area contributed by atoms with Crippen molar-refractivity contribution < 1.29 is 38.1 Å². The number of hydrogen-bond donors (Lipinski definition) is 0. The van der Waals surface area contributed by atoms with Crippen molar-refractivity contribution in [3.8, 4) is 0 Å². The van der Waals surface area contributed by atoms with Crippen molar-refractivity contribution in [2.75, 3.05) is 13.2 Å². The molecule has 0 fully saturated rings. The first-order valence-electron chi connectivity index (χ1n) is 11.6. The van der Waals surface area contributed by atoms with Crippen LogP contribution in [0.25, 0.3) is 10.8 Å². The van der Waals surface area contributed by atoms with Crippen LogP contribution in [0.5, 0.6) is 0 Å². The Balaban J connectivity index is 2.01. The Kier molecular flexibility index (Phi) is 10.5. The third-order valence-corrected chi connectivity index (χ3v) is 5.03. The molecule has 8 heteroatoms. The van der Waals surface area contributed by atoms with Gasteiger partial charge in [0.1, 0.15) is 0 Å². The molecule has 2 unspecified atom stereocenters. The summed E-state index contributed by atoms with van der Waals surface area (Å²) in [5, 5.41) is 1.38. The van der Waals surface area contributed by atoms with E-state index in [1.54, 1.807) is 36.4 Å². The molecule has 0 heterocycles. The van der Waals surface area contributed by atoms with Gasteiger partial charge in [0.2, 0.25) is 0 Å². The molecular weight excluding hydrogens is 440 g/mol. The molecule has 0 aliphatic rings. The quantitative estimate of drug-likeness (QED) is 0.250. The molecule has 2 aromatic rings. The van der Waals surface area contributed by atoms with Crippen LogP contribution in [-0.4, -0.2) is 49.3 Å². The molecule has 8 nitrogen and oxygen atoms in total. The second kappa shape index (κ2) is 13.3. The Hall–Kier alpha value is -3.42. The largest absolute Gasteiger partial charge is 0.463 e. The van der Waals surface area contributed by atoms with Crippen molar-refractivity contribution in [1.29, 1.82) is 0 Å². The Bertz CT molecular complexity index is 932. The lowest BCUT2D eigenvalue weighted by Gasteiger charge is -2.14. The summed E-state index contributed by atoms with van der Waals surface area (Å²) in [6.07, 6.45) is 1.23. The van der Waals surface area contributed by atoms with E-state index in [4.69, 9.17) is 18.9 Å². The second-order valence-corrected chi connectivity index (χ2v) is 7.91. The molecule has 2 rings (SSSR count). The number of carbonyl (C=O) groups excluding carboxylic acids is 4. The van der Waals surface area contributed by atoms with Crippen LogP contribution in [0.1, 0.15) is 74.1 Å². The van der Waals surface area contributed by atoms with Crippen molar-refractivity contribution in [3.05, 3.63) is 47.5 Å². The van der Waals surface area contributed by atoms with E-state index in [1.165, 1.54) is 13.8 Å². The normalized spacial score (nSPS) is 12.5. The number of carbonyl (C=O) groups is 4. The molecule has 0 aliphatic heterocycles. The van der Waals surface area contributed by atoms with Crippen molar-refractivity contribution in [1.82, 2.24) is 0 Å². The van der Waals surface area contributed by atoms with E-state index in [1.807, 2.05) is 13.8 Å². The maximum atomic E-state index is 12.4. The topological polar surface area (TPSA) is 105 Å². The van der Waals surface area contributed by atoms with E-state index in [0.717, 1.165) is 25.7 Å². The van der Waals surface area contributed by atoms with Gasteiger partial charge in [-0.05, 0) is 61.7 Å². The Morgan fingerprint density at radius 2 is 1.06 bits per heavy atom. The molecule has 0 spiro atoms. The van der Waals surface area contributed by atoms with Gasteiger partial charge in [-0.15, -0.1) is 0 Å². The van der Waals surface area contributed by atoms with Crippen LogP contribution in [0, 0.1) is 0 Å². The Labute approximate surface area is 199 Å². The lowest BCUT2D eigenvalue weighted by atomic mass is 10.0. The molecule has 0 saturated carbocycles. The lowest BCUT2D eigenvalue weighted by Crippen LogP contribution is -2.26. The van der Waals surface area contributed by atoms with Crippen LogP contribution < -0.4 is 0 Å². The van der Waals surface area contributed by atoms with Gasteiger partial charge in [-0.3, -0.25) is 0 Å². The van der Waals surface area contributed by atoms with E-state index in [2.05, 4.69) is 0 Å². The lowest BCUT2D eigenvalue weighted by molar-refractivity contribution is -0.153. The summed E-state index contributed by atoms with van der Waals surface area (Å²) in [5.41, 5.74) is 0.527. The predicted octanol–water partition coefficient (Wildman–Crippen LogP) is 4.62. The zero-order valence-corrected chi connectivity index (χ0v) is 20.1. The van der Waals surface area contributed by atoms with Crippen LogP contribution >= 0.6 is 0 Å². The Morgan fingerprint density at radius 3 is 1.41 bits per heavy atom. The average Bonchev–Trinajstić information content (AvgIpc) is 2.83. The van der Waals surface area contributed by atoms with Crippen molar-refractivity contribution >= 4 is 34.6 Å². The number of rotatable bonds is 12. The molecule has 0 amide bonds. The highest BCUT2D eigenvalue weighted by atomic mass is 16.6. The summed E-state index contributed by atoms with van der Waals surface area (Å²) < 4.78 is 20.5. The van der Waals surface area contributed by atoms with Gasteiger partial charge in [0.05, 0.1) is 24.3 Å². The zero-order valence-electron chi connectivity index (χ0n) is 20.1. The molecular formula is C26H32O8. The SMILES string of the molecule is CCCCOC(=O)C(C)OC(=O)c1ccc2cc(C(=O)OC(C)C(=O)OCCCC)ccc2c1. The number of unbranched alkanes of at least 4 members (excludes halogenated alkanes) is 2. The van der Waals surface area contributed by atoms with Gasteiger partial charge in [0.15, 0.2) is 12.2 Å². The fraction of sp³-hybridized carbons (Fsp3) is 0.462. The maximum Gasteiger partial charge on any atom is 0.347 e. The number of ether oxygens (including phenoxy) is 4. The van der Waals surface area contributed by atoms with Crippen LogP contribution in [0.2, 0.25) is 0 Å². The minimum absolute atomic E-state index is 0.263. The van der Waals surface area contributed by atoms with E-state index in [-0.39, 0.29) is 24.3 Å². The Morgan fingerprint density at radius 1 is 0.676 bits per heavy atom. The van der Waals surface area contributed by atoms with Crippen molar-refractivity contribution in [2.24, 2.45) is 0 Å². The number of fused-ring (bicyclic) bond motifs is 1. The summed E-state index contributed by atoms with van der Waals surface area (Å²) in [6, 6.07) is 9.63. The van der Waals surface area contributed by atoms with E-state index < -0.39 is 36.1 Å². The average molecular weight is 473 g/mol. The summed E-state index contributed by atoms with van der Waals surface area (Å²) in [7, 11) is 0. The van der Waals surface area contributed by atoms with Gasteiger partial charge in [-0.1, -0.05) is 38.8 Å². The third-order valence-electron chi connectivity index (χ3n) is 5.03. The minimum Gasteiger partial charge on any atom is -0.463 e. The molecule has 2 aromatic carbocycles. The third kappa shape index (κ3) is 7.86. The molecule has 0 aromatic heterocycles. The van der Waals surface area contributed by atoms with Crippen molar-refractivity contribution in [2.45, 2.75) is 65.6 Å². The van der Waals surface area contributed by atoms with Gasteiger partial charge in [-0.2, -0.15) is 0 Å². The second-order valence-electron chi connectivity index (χ2n) is 7.91. The highest BCUT2D eigenvalue weighted by Crippen LogP contribution is 2.20. The first kappa shape index (κ1) is 26.8. The monoisotopic (exact) mass is 472 g/mol. The molecule has 184 valence electrons. The fourth-order valence-electron chi connectivity index (χ4n) is 2.92. The minimum atomic E-state index is -1.02. The molecule has 0 aliphatic carbocycles. The van der Waals surface area contributed by atoms with E-state index in [9.17, 15) is 19.2 Å². The van der Waals surface area contributed by atoms with Gasteiger partial charge in [0, 0.05) is 0 Å². The molecule has 0 N–H and O–H groups in total.